The van der Waals surface area contributed by atoms with E-state index in [1.807, 2.05) is 36.0 Å². The molecule has 0 radical (unpaired) electrons. The van der Waals surface area contributed by atoms with Gasteiger partial charge in [0.25, 0.3) is 0 Å². The molecule has 19 heavy (non-hydrogen) atoms. The molecule has 2 aromatic rings. The van der Waals surface area contributed by atoms with E-state index in [0.717, 1.165) is 28.6 Å². The van der Waals surface area contributed by atoms with Crippen LogP contribution >= 0.6 is 23.4 Å². The monoisotopic (exact) mass is 295 g/mol. The summed E-state index contributed by atoms with van der Waals surface area (Å²) in [5.74, 6) is 3.47. The molecule has 1 fully saturated rings. The van der Waals surface area contributed by atoms with E-state index in [4.69, 9.17) is 16.1 Å². The smallest absolute Gasteiger partial charge is 0.244 e. The van der Waals surface area contributed by atoms with Gasteiger partial charge in [0.05, 0.1) is 6.04 Å². The summed E-state index contributed by atoms with van der Waals surface area (Å²) >= 11 is 8.03. The lowest BCUT2D eigenvalue weighted by Crippen LogP contribution is -2.30. The van der Waals surface area contributed by atoms with E-state index in [-0.39, 0.29) is 6.04 Å². The van der Waals surface area contributed by atoms with E-state index in [1.54, 1.807) is 0 Å². The summed E-state index contributed by atoms with van der Waals surface area (Å²) < 4.78 is 5.34. The van der Waals surface area contributed by atoms with E-state index >= 15 is 0 Å². The van der Waals surface area contributed by atoms with Gasteiger partial charge in [-0.1, -0.05) is 35.0 Å². The molecule has 2 heterocycles. The van der Waals surface area contributed by atoms with Crippen LogP contribution in [0.4, 0.5) is 0 Å². The Morgan fingerprint density at radius 1 is 1.42 bits per heavy atom. The first-order valence-corrected chi connectivity index (χ1v) is 7.73. The standard InChI is InChI=1S/C13H14ClN3OS/c14-10-4-2-1-3-9(10)7-12-16-13(18-17-12)11-8-19-6-5-15-11/h1-4,11,15H,5-8H2. The van der Waals surface area contributed by atoms with Crippen LogP contribution in [0.15, 0.2) is 28.8 Å². The highest BCUT2D eigenvalue weighted by Gasteiger charge is 2.21. The van der Waals surface area contributed by atoms with Crippen LogP contribution in [0.25, 0.3) is 0 Å². The molecule has 3 rings (SSSR count). The number of halogens is 1. The molecule has 0 amide bonds. The Kier molecular flexibility index (Phi) is 4.06. The van der Waals surface area contributed by atoms with Crippen LogP contribution in [0.2, 0.25) is 5.02 Å². The minimum absolute atomic E-state index is 0.172. The molecule has 0 saturated carbocycles. The van der Waals surface area contributed by atoms with E-state index in [0.29, 0.717) is 18.1 Å². The SMILES string of the molecule is Clc1ccccc1Cc1noc(C2CSCCN2)n1. The number of aromatic nitrogens is 2. The van der Waals surface area contributed by atoms with Gasteiger partial charge in [0, 0.05) is 29.5 Å². The van der Waals surface area contributed by atoms with Crippen molar-refractivity contribution in [3.05, 3.63) is 46.6 Å². The molecule has 0 spiro atoms. The summed E-state index contributed by atoms with van der Waals surface area (Å²) in [6.45, 7) is 0.984. The molecule has 1 aromatic carbocycles. The molecular weight excluding hydrogens is 282 g/mol. The summed E-state index contributed by atoms with van der Waals surface area (Å²) in [6.07, 6.45) is 0.600. The van der Waals surface area contributed by atoms with Crippen LogP contribution in [0.3, 0.4) is 0 Å². The van der Waals surface area contributed by atoms with Gasteiger partial charge in [-0.15, -0.1) is 0 Å². The molecule has 4 nitrogen and oxygen atoms in total. The molecule has 1 aliphatic rings. The third-order valence-electron chi connectivity index (χ3n) is 3.01. The molecule has 1 saturated heterocycles. The maximum atomic E-state index is 6.13. The average Bonchev–Trinajstić information content (AvgIpc) is 2.91. The number of rotatable bonds is 3. The maximum Gasteiger partial charge on any atom is 0.244 e. The van der Waals surface area contributed by atoms with Crippen molar-refractivity contribution in [2.45, 2.75) is 12.5 Å². The lowest BCUT2D eigenvalue weighted by Gasteiger charge is -2.19. The van der Waals surface area contributed by atoms with E-state index in [1.165, 1.54) is 0 Å². The fourth-order valence-corrected chi connectivity index (χ4v) is 3.14. The van der Waals surface area contributed by atoms with Gasteiger partial charge in [0.15, 0.2) is 5.82 Å². The number of benzene rings is 1. The minimum Gasteiger partial charge on any atom is -0.338 e. The largest absolute Gasteiger partial charge is 0.338 e. The fraction of sp³-hybridized carbons (Fsp3) is 0.385. The maximum absolute atomic E-state index is 6.13. The highest BCUT2D eigenvalue weighted by atomic mass is 35.5. The predicted molar refractivity (Wildman–Crippen MR) is 76.6 cm³/mol. The van der Waals surface area contributed by atoms with Crippen molar-refractivity contribution in [1.82, 2.24) is 15.5 Å². The zero-order valence-electron chi connectivity index (χ0n) is 10.3. The first kappa shape index (κ1) is 13.0. The van der Waals surface area contributed by atoms with Crippen molar-refractivity contribution in [2.75, 3.05) is 18.1 Å². The Bertz CT molecular complexity index is 554. The minimum atomic E-state index is 0.172. The molecule has 1 N–H and O–H groups in total. The number of thioether (sulfide) groups is 1. The quantitative estimate of drug-likeness (QED) is 0.943. The summed E-state index contributed by atoms with van der Waals surface area (Å²) in [6, 6.07) is 7.90. The van der Waals surface area contributed by atoms with Crippen molar-refractivity contribution in [3.63, 3.8) is 0 Å². The van der Waals surface area contributed by atoms with E-state index in [2.05, 4.69) is 15.5 Å². The van der Waals surface area contributed by atoms with Crippen LogP contribution in [0, 0.1) is 0 Å². The van der Waals surface area contributed by atoms with E-state index in [9.17, 15) is 0 Å². The second-order valence-electron chi connectivity index (χ2n) is 4.40. The Labute approximate surface area is 120 Å². The zero-order chi connectivity index (χ0) is 13.1. The Balaban J connectivity index is 1.73. The first-order valence-electron chi connectivity index (χ1n) is 6.20. The highest BCUT2D eigenvalue weighted by molar-refractivity contribution is 7.99. The summed E-state index contributed by atoms with van der Waals surface area (Å²) in [7, 11) is 0. The number of hydrogen-bond acceptors (Lipinski definition) is 5. The predicted octanol–water partition coefficient (Wildman–Crippen LogP) is 2.69. The molecule has 6 heteroatoms. The van der Waals surface area contributed by atoms with Crippen molar-refractivity contribution in [1.29, 1.82) is 0 Å². The summed E-state index contributed by atoms with van der Waals surface area (Å²) in [5, 5.41) is 8.15. The molecule has 1 unspecified atom stereocenters. The van der Waals surface area contributed by atoms with Crippen LogP contribution < -0.4 is 5.32 Å². The molecule has 1 aromatic heterocycles. The van der Waals surface area contributed by atoms with Gasteiger partial charge in [-0.25, -0.2) is 0 Å². The van der Waals surface area contributed by atoms with Gasteiger partial charge in [0.2, 0.25) is 5.89 Å². The molecule has 0 aliphatic carbocycles. The van der Waals surface area contributed by atoms with Crippen molar-refractivity contribution in [3.8, 4) is 0 Å². The number of nitrogens with one attached hydrogen (secondary N) is 1. The van der Waals surface area contributed by atoms with Crippen LogP contribution in [-0.4, -0.2) is 28.2 Å². The van der Waals surface area contributed by atoms with Gasteiger partial charge in [-0.05, 0) is 11.6 Å². The van der Waals surface area contributed by atoms with Gasteiger partial charge in [-0.2, -0.15) is 16.7 Å². The second kappa shape index (κ2) is 5.94. The highest BCUT2D eigenvalue weighted by Crippen LogP contribution is 2.22. The molecule has 1 atom stereocenters. The van der Waals surface area contributed by atoms with Crippen LogP contribution in [0.1, 0.15) is 23.3 Å². The topological polar surface area (TPSA) is 51.0 Å². The number of hydrogen-bond donors (Lipinski definition) is 1. The summed E-state index contributed by atoms with van der Waals surface area (Å²) in [5.41, 5.74) is 1.02. The molecular formula is C13H14ClN3OS. The van der Waals surface area contributed by atoms with Gasteiger partial charge in [-0.3, -0.25) is 0 Å². The van der Waals surface area contributed by atoms with Gasteiger partial charge in [0.1, 0.15) is 0 Å². The van der Waals surface area contributed by atoms with Gasteiger partial charge < -0.3 is 9.84 Å². The second-order valence-corrected chi connectivity index (χ2v) is 5.96. The Hall–Kier alpha value is -1.04. The molecule has 100 valence electrons. The lowest BCUT2D eigenvalue weighted by molar-refractivity contribution is 0.339. The summed E-state index contributed by atoms with van der Waals surface area (Å²) in [4.78, 5) is 4.46. The third kappa shape index (κ3) is 3.11. The normalized spacial score (nSPS) is 19.5. The lowest BCUT2D eigenvalue weighted by atomic mass is 10.1. The molecule has 1 aliphatic heterocycles. The fourth-order valence-electron chi connectivity index (χ4n) is 2.02. The average molecular weight is 296 g/mol. The van der Waals surface area contributed by atoms with Crippen molar-refractivity contribution in [2.24, 2.45) is 0 Å². The Morgan fingerprint density at radius 3 is 3.11 bits per heavy atom. The van der Waals surface area contributed by atoms with Crippen LogP contribution in [0.5, 0.6) is 0 Å². The van der Waals surface area contributed by atoms with Crippen molar-refractivity contribution >= 4 is 23.4 Å². The van der Waals surface area contributed by atoms with E-state index < -0.39 is 0 Å². The number of nitrogens with zero attached hydrogens (tertiary/aromatic N) is 2. The van der Waals surface area contributed by atoms with Crippen LogP contribution in [-0.2, 0) is 6.42 Å². The van der Waals surface area contributed by atoms with Crippen molar-refractivity contribution < 1.29 is 4.52 Å². The van der Waals surface area contributed by atoms with Gasteiger partial charge >= 0.3 is 0 Å². The Morgan fingerprint density at radius 2 is 2.32 bits per heavy atom. The zero-order valence-corrected chi connectivity index (χ0v) is 11.9. The molecule has 0 bridgehead atoms. The first-order chi connectivity index (χ1) is 9.33. The third-order valence-corrected chi connectivity index (χ3v) is 4.44.